The second-order valence-corrected chi connectivity index (χ2v) is 5.01. The number of amides is 1. The predicted molar refractivity (Wildman–Crippen MR) is 83.1 cm³/mol. The van der Waals surface area contributed by atoms with Crippen molar-refractivity contribution in [1.82, 2.24) is 14.6 Å². The summed E-state index contributed by atoms with van der Waals surface area (Å²) >= 11 is 0. The van der Waals surface area contributed by atoms with Crippen LogP contribution in [0.3, 0.4) is 0 Å². The smallest absolute Gasteiger partial charge is 0.228 e. The molecule has 2 aromatic heterocycles. The Hall–Kier alpha value is -2.89. The third kappa shape index (κ3) is 3.06. The zero-order chi connectivity index (χ0) is 15.5. The van der Waals surface area contributed by atoms with Crippen LogP contribution in [0.15, 0.2) is 42.7 Å². The van der Waals surface area contributed by atoms with Crippen LogP contribution in [0.2, 0.25) is 0 Å². The minimum absolute atomic E-state index is 0.113. The first-order valence-corrected chi connectivity index (χ1v) is 6.89. The van der Waals surface area contributed by atoms with Crippen molar-refractivity contribution in [2.75, 3.05) is 12.4 Å². The maximum absolute atomic E-state index is 12.1. The molecule has 3 rings (SSSR count). The van der Waals surface area contributed by atoms with Crippen LogP contribution in [0.5, 0.6) is 5.75 Å². The lowest BCUT2D eigenvalue weighted by atomic mass is 10.1. The van der Waals surface area contributed by atoms with Gasteiger partial charge in [-0.15, -0.1) is 0 Å². The first kappa shape index (κ1) is 14.1. The lowest BCUT2D eigenvalue weighted by Crippen LogP contribution is -2.15. The highest BCUT2D eigenvalue weighted by Gasteiger charge is 2.07. The molecule has 6 nitrogen and oxygen atoms in total. The Bertz CT molecular complexity index is 826. The van der Waals surface area contributed by atoms with Gasteiger partial charge in [-0.3, -0.25) is 4.79 Å². The first-order valence-electron chi connectivity index (χ1n) is 6.89. The van der Waals surface area contributed by atoms with Crippen molar-refractivity contribution in [3.63, 3.8) is 0 Å². The molecule has 0 aliphatic rings. The third-order valence-corrected chi connectivity index (χ3v) is 3.22. The lowest BCUT2D eigenvalue weighted by molar-refractivity contribution is -0.115. The number of carbonyl (C=O) groups excluding carboxylic acids is 1. The van der Waals surface area contributed by atoms with Gasteiger partial charge in [0.15, 0.2) is 5.65 Å². The maximum Gasteiger partial charge on any atom is 0.228 e. The largest absolute Gasteiger partial charge is 0.497 e. The summed E-state index contributed by atoms with van der Waals surface area (Å²) in [4.78, 5) is 16.4. The number of benzene rings is 1. The van der Waals surface area contributed by atoms with Gasteiger partial charge < -0.3 is 10.1 Å². The van der Waals surface area contributed by atoms with Crippen molar-refractivity contribution < 1.29 is 9.53 Å². The Labute approximate surface area is 127 Å². The highest BCUT2D eigenvalue weighted by molar-refractivity contribution is 5.92. The summed E-state index contributed by atoms with van der Waals surface area (Å²) in [7, 11) is 1.60. The number of aryl methyl sites for hydroxylation is 1. The monoisotopic (exact) mass is 296 g/mol. The summed E-state index contributed by atoms with van der Waals surface area (Å²) in [5.74, 6) is 0.624. The molecule has 0 radical (unpaired) electrons. The summed E-state index contributed by atoms with van der Waals surface area (Å²) in [6, 6.07) is 9.32. The lowest BCUT2D eigenvalue weighted by Gasteiger charge is -2.06. The number of anilines is 1. The van der Waals surface area contributed by atoms with Crippen molar-refractivity contribution in [3.8, 4) is 5.75 Å². The molecule has 0 saturated carbocycles. The fourth-order valence-corrected chi connectivity index (χ4v) is 2.23. The molecular weight excluding hydrogens is 280 g/mol. The molecular formula is C16H16N4O2. The number of aromatic nitrogens is 3. The van der Waals surface area contributed by atoms with Gasteiger partial charge in [0.1, 0.15) is 5.75 Å². The van der Waals surface area contributed by atoms with Gasteiger partial charge in [0.05, 0.1) is 37.3 Å². The van der Waals surface area contributed by atoms with E-state index in [1.807, 2.05) is 37.3 Å². The molecule has 0 aliphatic heterocycles. The normalized spacial score (nSPS) is 10.6. The van der Waals surface area contributed by atoms with Gasteiger partial charge in [-0.05, 0) is 24.6 Å². The molecule has 0 saturated heterocycles. The number of ether oxygens (including phenoxy) is 1. The minimum Gasteiger partial charge on any atom is -0.497 e. The summed E-state index contributed by atoms with van der Waals surface area (Å²) < 4.78 is 6.80. The summed E-state index contributed by atoms with van der Waals surface area (Å²) in [5, 5.41) is 7.10. The Morgan fingerprint density at radius 2 is 2.23 bits per heavy atom. The van der Waals surface area contributed by atoms with Crippen LogP contribution in [-0.2, 0) is 11.2 Å². The summed E-state index contributed by atoms with van der Waals surface area (Å²) in [6.45, 7) is 1.90. The summed E-state index contributed by atoms with van der Waals surface area (Å²) in [6.07, 6.45) is 3.64. The second-order valence-electron chi connectivity index (χ2n) is 5.01. The number of methoxy groups -OCH3 is 1. The molecule has 6 heteroatoms. The van der Waals surface area contributed by atoms with Crippen LogP contribution in [0.1, 0.15) is 11.3 Å². The van der Waals surface area contributed by atoms with E-state index in [9.17, 15) is 4.79 Å². The van der Waals surface area contributed by atoms with Gasteiger partial charge in [-0.1, -0.05) is 12.1 Å². The molecule has 3 aromatic rings. The minimum atomic E-state index is -0.113. The van der Waals surface area contributed by atoms with Gasteiger partial charge in [0, 0.05) is 6.07 Å². The highest BCUT2D eigenvalue weighted by Crippen LogP contribution is 2.14. The molecule has 0 atom stereocenters. The Morgan fingerprint density at radius 3 is 3.05 bits per heavy atom. The first-order chi connectivity index (χ1) is 10.6. The number of rotatable bonds is 4. The highest BCUT2D eigenvalue weighted by atomic mass is 16.5. The quantitative estimate of drug-likeness (QED) is 0.801. The zero-order valence-electron chi connectivity index (χ0n) is 12.4. The molecule has 0 aliphatic carbocycles. The van der Waals surface area contributed by atoms with Crippen LogP contribution in [-0.4, -0.2) is 27.6 Å². The number of hydrogen-bond donors (Lipinski definition) is 1. The Balaban J connectivity index is 1.71. The molecule has 0 fully saturated rings. The fraction of sp³-hybridized carbons (Fsp3) is 0.188. The zero-order valence-corrected chi connectivity index (χ0v) is 12.4. The summed E-state index contributed by atoms with van der Waals surface area (Å²) in [5.41, 5.74) is 3.14. The standard InChI is InChI=1S/C16H16N4O2/c1-11-6-15-17-9-13(10-20(15)19-11)18-16(21)8-12-4-3-5-14(7-12)22-2/h3-7,9-10H,8H2,1-2H3,(H,18,21). The predicted octanol–water partition coefficient (Wildman–Crippen LogP) is 2.23. The van der Waals surface area contributed by atoms with Gasteiger partial charge >= 0.3 is 0 Å². The Morgan fingerprint density at radius 1 is 1.36 bits per heavy atom. The van der Waals surface area contributed by atoms with Gasteiger partial charge in [0.25, 0.3) is 0 Å². The number of fused-ring (bicyclic) bond motifs is 1. The second kappa shape index (κ2) is 5.85. The van der Waals surface area contributed by atoms with Gasteiger partial charge in [0.2, 0.25) is 5.91 Å². The molecule has 112 valence electrons. The molecule has 2 heterocycles. The molecule has 1 aromatic carbocycles. The van der Waals surface area contributed by atoms with Crippen LogP contribution in [0, 0.1) is 6.92 Å². The van der Waals surface area contributed by atoms with Gasteiger partial charge in [-0.2, -0.15) is 5.10 Å². The average Bonchev–Trinajstić information content (AvgIpc) is 2.86. The number of nitrogens with zero attached hydrogens (tertiary/aromatic N) is 3. The SMILES string of the molecule is COc1cccc(CC(=O)Nc2cnc3cc(C)nn3c2)c1. The number of nitrogens with one attached hydrogen (secondary N) is 1. The van der Waals surface area contributed by atoms with Crippen LogP contribution in [0.25, 0.3) is 5.65 Å². The van der Waals surface area contributed by atoms with E-state index >= 15 is 0 Å². The van der Waals surface area contributed by atoms with Crippen LogP contribution < -0.4 is 10.1 Å². The van der Waals surface area contributed by atoms with E-state index in [0.29, 0.717) is 5.69 Å². The van der Waals surface area contributed by atoms with Crippen molar-refractivity contribution >= 4 is 17.2 Å². The van der Waals surface area contributed by atoms with Crippen molar-refractivity contribution in [3.05, 3.63) is 54.0 Å². The van der Waals surface area contributed by atoms with E-state index in [1.54, 1.807) is 24.0 Å². The van der Waals surface area contributed by atoms with Crippen molar-refractivity contribution in [1.29, 1.82) is 0 Å². The van der Waals surface area contributed by atoms with E-state index in [1.165, 1.54) is 0 Å². The molecule has 1 amide bonds. The van der Waals surface area contributed by atoms with Crippen LogP contribution in [0.4, 0.5) is 5.69 Å². The van der Waals surface area contributed by atoms with Crippen molar-refractivity contribution in [2.24, 2.45) is 0 Å². The average molecular weight is 296 g/mol. The van der Waals surface area contributed by atoms with Crippen LogP contribution >= 0.6 is 0 Å². The number of hydrogen-bond acceptors (Lipinski definition) is 4. The topological polar surface area (TPSA) is 68.5 Å². The van der Waals surface area contributed by atoms with E-state index in [2.05, 4.69) is 15.4 Å². The van der Waals surface area contributed by atoms with Gasteiger partial charge in [-0.25, -0.2) is 9.50 Å². The van der Waals surface area contributed by atoms with E-state index in [4.69, 9.17) is 4.74 Å². The third-order valence-electron chi connectivity index (χ3n) is 3.22. The van der Waals surface area contributed by atoms with Crippen molar-refractivity contribution in [2.45, 2.75) is 13.3 Å². The van der Waals surface area contributed by atoms with E-state index in [0.717, 1.165) is 22.7 Å². The molecule has 0 spiro atoms. The molecule has 22 heavy (non-hydrogen) atoms. The van der Waals surface area contributed by atoms with E-state index < -0.39 is 0 Å². The maximum atomic E-state index is 12.1. The molecule has 1 N–H and O–H groups in total. The molecule has 0 unspecified atom stereocenters. The van der Waals surface area contributed by atoms with E-state index in [-0.39, 0.29) is 12.3 Å². The molecule has 0 bridgehead atoms. The fourth-order valence-electron chi connectivity index (χ4n) is 2.23. The number of carbonyl (C=O) groups is 1. The Kier molecular flexibility index (Phi) is 3.74.